The van der Waals surface area contributed by atoms with E-state index in [2.05, 4.69) is 59.8 Å². The topological polar surface area (TPSA) is 38.7 Å². The van der Waals surface area contributed by atoms with Crippen LogP contribution in [0.15, 0.2) is 24.3 Å². The highest BCUT2D eigenvalue weighted by Crippen LogP contribution is 2.44. The third-order valence-electron chi connectivity index (χ3n) is 5.42. The van der Waals surface area contributed by atoms with E-state index in [0.717, 1.165) is 17.1 Å². The zero-order chi connectivity index (χ0) is 19.2. The zero-order valence-electron chi connectivity index (χ0n) is 17.2. The summed E-state index contributed by atoms with van der Waals surface area (Å²) < 4.78 is 12.7. The SMILES string of the molecule is Cc1cc2c(cc1O[Si](C)(C)C(C)(C)C)[C@H](C)C(/C=C/C(C)(C)O)O2. The number of aliphatic hydroxyl groups is 1. The predicted molar refractivity (Wildman–Crippen MR) is 107 cm³/mol. The molecule has 0 saturated carbocycles. The van der Waals surface area contributed by atoms with Gasteiger partial charge in [-0.05, 0) is 62.7 Å². The van der Waals surface area contributed by atoms with Gasteiger partial charge in [0.15, 0.2) is 0 Å². The Hall–Kier alpha value is -1.26. The van der Waals surface area contributed by atoms with Crippen molar-refractivity contribution in [3.63, 3.8) is 0 Å². The Morgan fingerprint density at radius 1 is 1.16 bits per heavy atom. The van der Waals surface area contributed by atoms with Crippen molar-refractivity contribution in [2.24, 2.45) is 0 Å². The summed E-state index contributed by atoms with van der Waals surface area (Å²) in [6, 6.07) is 4.25. The van der Waals surface area contributed by atoms with Gasteiger partial charge in [-0.2, -0.15) is 0 Å². The largest absolute Gasteiger partial charge is 0.543 e. The van der Waals surface area contributed by atoms with Crippen molar-refractivity contribution in [2.45, 2.75) is 84.2 Å². The molecular formula is C21H34O3Si. The Morgan fingerprint density at radius 3 is 2.28 bits per heavy atom. The minimum atomic E-state index is -1.88. The van der Waals surface area contributed by atoms with Gasteiger partial charge in [0.05, 0.1) is 5.60 Å². The van der Waals surface area contributed by atoms with E-state index in [1.54, 1.807) is 19.9 Å². The van der Waals surface area contributed by atoms with Crippen LogP contribution in [0.1, 0.15) is 58.6 Å². The van der Waals surface area contributed by atoms with Crippen LogP contribution in [0.3, 0.4) is 0 Å². The number of hydrogen-bond acceptors (Lipinski definition) is 3. The van der Waals surface area contributed by atoms with Crippen molar-refractivity contribution in [3.05, 3.63) is 35.4 Å². The van der Waals surface area contributed by atoms with Crippen LogP contribution in [-0.4, -0.2) is 25.1 Å². The average Bonchev–Trinajstić information content (AvgIpc) is 2.71. The van der Waals surface area contributed by atoms with Crippen molar-refractivity contribution >= 4 is 8.32 Å². The lowest BCUT2D eigenvalue weighted by Gasteiger charge is -2.37. The van der Waals surface area contributed by atoms with Crippen LogP contribution >= 0.6 is 0 Å². The van der Waals surface area contributed by atoms with Crippen molar-refractivity contribution in [3.8, 4) is 11.5 Å². The van der Waals surface area contributed by atoms with Gasteiger partial charge in [-0.15, -0.1) is 0 Å². The maximum atomic E-state index is 9.92. The molecule has 1 N–H and O–H groups in total. The monoisotopic (exact) mass is 362 g/mol. The van der Waals surface area contributed by atoms with E-state index in [4.69, 9.17) is 9.16 Å². The third-order valence-corrected chi connectivity index (χ3v) is 9.76. The molecule has 0 aromatic heterocycles. The Bertz CT molecular complexity index is 663. The van der Waals surface area contributed by atoms with Crippen molar-refractivity contribution in [2.75, 3.05) is 0 Å². The Kier molecular flexibility index (Phi) is 5.19. The van der Waals surface area contributed by atoms with Crippen molar-refractivity contribution < 1.29 is 14.3 Å². The minimum Gasteiger partial charge on any atom is -0.543 e. The van der Waals surface area contributed by atoms with Crippen molar-refractivity contribution in [1.29, 1.82) is 0 Å². The summed E-state index contributed by atoms with van der Waals surface area (Å²) in [7, 11) is -1.88. The van der Waals surface area contributed by atoms with Gasteiger partial charge in [0.1, 0.15) is 17.6 Å². The molecule has 0 spiro atoms. The molecule has 0 fully saturated rings. The van der Waals surface area contributed by atoms with E-state index in [1.807, 2.05) is 6.08 Å². The second kappa shape index (κ2) is 6.47. The standard InChI is InChI=1S/C21H34O3Si/c1-14-12-19-16(13-18(14)24-25(8,9)20(3,4)5)15(2)17(23-19)10-11-21(6,7)22/h10-13,15,17,22H,1-9H3/b11-10+/t15-,17?/m0/s1. The summed E-state index contributed by atoms with van der Waals surface area (Å²) in [5.74, 6) is 2.14. The van der Waals surface area contributed by atoms with Crippen LogP contribution in [-0.2, 0) is 0 Å². The third kappa shape index (κ3) is 4.48. The second-order valence-corrected chi connectivity index (χ2v) is 14.1. The number of benzene rings is 1. The number of ether oxygens (including phenoxy) is 1. The summed E-state index contributed by atoms with van der Waals surface area (Å²) in [5.41, 5.74) is 1.47. The molecule has 1 heterocycles. The highest BCUT2D eigenvalue weighted by molar-refractivity contribution is 6.74. The average molecular weight is 363 g/mol. The second-order valence-electron chi connectivity index (χ2n) is 9.40. The Morgan fingerprint density at radius 2 is 1.76 bits per heavy atom. The van der Waals surface area contributed by atoms with Gasteiger partial charge < -0.3 is 14.3 Å². The summed E-state index contributed by atoms with van der Waals surface area (Å²) in [5, 5.41) is 10.1. The molecule has 4 heteroatoms. The molecule has 2 rings (SSSR count). The van der Waals surface area contributed by atoms with Crippen LogP contribution in [0.4, 0.5) is 0 Å². The first kappa shape index (κ1) is 20.1. The van der Waals surface area contributed by atoms with Gasteiger partial charge in [0.2, 0.25) is 8.32 Å². The van der Waals surface area contributed by atoms with Crippen LogP contribution in [0.25, 0.3) is 0 Å². The molecule has 25 heavy (non-hydrogen) atoms. The highest BCUT2D eigenvalue weighted by atomic mass is 28.4. The van der Waals surface area contributed by atoms with E-state index in [9.17, 15) is 5.11 Å². The molecule has 0 radical (unpaired) electrons. The maximum absolute atomic E-state index is 9.92. The van der Waals surface area contributed by atoms with Gasteiger partial charge in [-0.25, -0.2) is 0 Å². The van der Waals surface area contributed by atoms with Gasteiger partial charge in [-0.1, -0.05) is 33.8 Å². The number of rotatable bonds is 4. The summed E-state index contributed by atoms with van der Waals surface area (Å²) in [6.45, 7) is 19.1. The number of hydrogen-bond donors (Lipinski definition) is 1. The van der Waals surface area contributed by atoms with Gasteiger partial charge in [0, 0.05) is 11.5 Å². The molecule has 0 saturated heterocycles. The molecule has 3 nitrogen and oxygen atoms in total. The Balaban J connectivity index is 2.29. The molecule has 0 amide bonds. The predicted octanol–water partition coefficient (Wildman–Crippen LogP) is 5.57. The van der Waals surface area contributed by atoms with Gasteiger partial charge in [0.25, 0.3) is 0 Å². The van der Waals surface area contributed by atoms with E-state index in [0.29, 0.717) is 0 Å². The molecule has 2 atom stereocenters. The molecule has 1 aliphatic heterocycles. The lowest BCUT2D eigenvalue weighted by atomic mass is 9.95. The fraction of sp³-hybridized carbons (Fsp3) is 0.619. The summed E-state index contributed by atoms with van der Waals surface area (Å²) >= 11 is 0. The van der Waals surface area contributed by atoms with Crippen LogP contribution in [0.5, 0.6) is 11.5 Å². The first-order valence-corrected chi connectivity index (χ1v) is 12.0. The lowest BCUT2D eigenvalue weighted by molar-refractivity contribution is 0.131. The van der Waals surface area contributed by atoms with Crippen LogP contribution in [0.2, 0.25) is 18.1 Å². The molecule has 1 aliphatic rings. The summed E-state index contributed by atoms with van der Waals surface area (Å²) in [6.07, 6.45) is 3.72. The van der Waals surface area contributed by atoms with E-state index in [-0.39, 0.29) is 17.1 Å². The molecule has 140 valence electrons. The molecule has 0 bridgehead atoms. The summed E-state index contributed by atoms with van der Waals surface area (Å²) in [4.78, 5) is 0. The first-order valence-electron chi connectivity index (χ1n) is 9.13. The van der Waals surface area contributed by atoms with Crippen molar-refractivity contribution in [1.82, 2.24) is 0 Å². The molecule has 1 aromatic carbocycles. The number of aryl methyl sites for hydroxylation is 1. The van der Waals surface area contributed by atoms with E-state index >= 15 is 0 Å². The first-order chi connectivity index (χ1) is 11.2. The lowest BCUT2D eigenvalue weighted by Crippen LogP contribution is -2.44. The van der Waals surface area contributed by atoms with Crippen LogP contribution < -0.4 is 9.16 Å². The van der Waals surface area contributed by atoms with Gasteiger partial charge in [-0.3, -0.25) is 0 Å². The van der Waals surface area contributed by atoms with Crippen LogP contribution in [0, 0.1) is 6.92 Å². The fourth-order valence-electron chi connectivity index (χ4n) is 2.64. The molecule has 1 aromatic rings. The Labute approximate surface area is 154 Å². The highest BCUT2D eigenvalue weighted by Gasteiger charge is 2.40. The van der Waals surface area contributed by atoms with Gasteiger partial charge >= 0.3 is 0 Å². The quantitative estimate of drug-likeness (QED) is 0.562. The van der Waals surface area contributed by atoms with E-state index < -0.39 is 13.9 Å². The smallest absolute Gasteiger partial charge is 0.250 e. The maximum Gasteiger partial charge on any atom is 0.250 e. The zero-order valence-corrected chi connectivity index (χ0v) is 18.2. The molecule has 0 aliphatic carbocycles. The fourth-order valence-corrected chi connectivity index (χ4v) is 3.71. The minimum absolute atomic E-state index is 0.0519. The normalized spacial score (nSPS) is 21.4. The number of fused-ring (bicyclic) bond motifs is 1. The molecule has 1 unspecified atom stereocenters. The molecular weight excluding hydrogens is 328 g/mol. The van der Waals surface area contributed by atoms with E-state index in [1.165, 1.54) is 5.56 Å².